The molecule has 3 aliphatic heterocycles. The molecule has 1 aromatic heterocycles. The van der Waals surface area contributed by atoms with E-state index < -0.39 is 5.82 Å². The Bertz CT molecular complexity index is 2160. The van der Waals surface area contributed by atoms with Gasteiger partial charge >= 0.3 is 0 Å². The number of benzene rings is 3. The Labute approximate surface area is 334 Å². The van der Waals surface area contributed by atoms with Crippen molar-refractivity contribution in [1.82, 2.24) is 25.1 Å². The Morgan fingerprint density at radius 2 is 1.66 bits per heavy atom. The molecule has 3 aromatic carbocycles. The lowest BCUT2D eigenvalue weighted by Crippen LogP contribution is -2.58. The number of rotatable bonds is 9. The lowest BCUT2D eigenvalue weighted by atomic mass is 9.86. The number of piperidine rings is 1. The quantitative estimate of drug-likeness (QED) is 0.129. The molecule has 1 saturated carbocycles. The maximum absolute atomic E-state index is 15.7. The van der Waals surface area contributed by atoms with E-state index >= 15 is 4.39 Å². The molecule has 3 fully saturated rings. The van der Waals surface area contributed by atoms with Gasteiger partial charge in [-0.3, -0.25) is 24.7 Å². The molecule has 2 amide bonds. The molecule has 56 heavy (non-hydrogen) atoms. The summed E-state index contributed by atoms with van der Waals surface area (Å²) < 4.78 is 42.8. The van der Waals surface area contributed by atoms with Gasteiger partial charge in [-0.1, -0.05) is 23.2 Å². The standard InChI is InChI=1S/C41H45Cl2F2N7O4/c1-22-16-50(34-13-26-20-51(19-25(26)12-30(34)44)33-10-11-37(53)49-41(33)54)17-23(2)52(22)18-24-4-6-27(7-5-24)56-36-14-28-32(15-35(36)55-3)46-21-47-40(28)48-31-9-8-29(42)38(43)39(31)45/h8-9,12-15,21-24,27,33H,4-7,10-11,16-20H2,1-3H3,(H,46,47,48)(H,49,53,54). The van der Waals surface area contributed by atoms with Crippen LogP contribution in [0.3, 0.4) is 0 Å². The van der Waals surface area contributed by atoms with Gasteiger partial charge in [0.05, 0.1) is 46.2 Å². The minimum Gasteiger partial charge on any atom is -0.493 e. The number of hydrogen-bond acceptors (Lipinski definition) is 10. The Balaban J connectivity index is 0.879. The first-order valence-electron chi connectivity index (χ1n) is 19.2. The summed E-state index contributed by atoms with van der Waals surface area (Å²) in [7, 11) is 1.59. The molecule has 0 spiro atoms. The molecule has 11 nitrogen and oxygen atoms in total. The summed E-state index contributed by atoms with van der Waals surface area (Å²) in [5, 5.41) is 6.06. The summed E-state index contributed by atoms with van der Waals surface area (Å²) in [6.45, 7) is 7.91. The smallest absolute Gasteiger partial charge is 0.243 e. The van der Waals surface area contributed by atoms with E-state index in [1.54, 1.807) is 19.2 Å². The highest BCUT2D eigenvalue weighted by atomic mass is 35.5. The Kier molecular flexibility index (Phi) is 11.0. The van der Waals surface area contributed by atoms with Crippen LogP contribution >= 0.6 is 23.2 Å². The maximum Gasteiger partial charge on any atom is 0.243 e. The van der Waals surface area contributed by atoms with Crippen molar-refractivity contribution in [3.05, 3.63) is 75.5 Å². The number of ether oxygens (including phenoxy) is 2. The highest BCUT2D eigenvalue weighted by Gasteiger charge is 2.37. The summed E-state index contributed by atoms with van der Waals surface area (Å²) in [6.07, 6.45) is 5.99. The third kappa shape index (κ3) is 7.70. The van der Waals surface area contributed by atoms with Crippen molar-refractivity contribution in [2.75, 3.05) is 37.0 Å². The van der Waals surface area contributed by atoms with Gasteiger partial charge in [-0.25, -0.2) is 18.7 Å². The van der Waals surface area contributed by atoms with E-state index in [0.29, 0.717) is 65.8 Å². The lowest BCUT2D eigenvalue weighted by molar-refractivity contribution is -0.137. The van der Waals surface area contributed by atoms with Crippen LogP contribution in [0.25, 0.3) is 10.9 Å². The molecule has 3 atom stereocenters. The SMILES string of the molecule is COc1cc2ncnc(Nc3ccc(Cl)c(Cl)c3F)c2cc1OC1CCC(CN2C(C)CN(c3cc4c(cc3F)CN(C3CCC(=O)NC3=O)C4)CC2C)CC1. The van der Waals surface area contributed by atoms with Crippen molar-refractivity contribution in [2.24, 2.45) is 5.92 Å². The molecular weight excluding hydrogens is 763 g/mol. The van der Waals surface area contributed by atoms with Gasteiger partial charge < -0.3 is 19.7 Å². The number of aromatic nitrogens is 2. The van der Waals surface area contributed by atoms with E-state index in [1.807, 2.05) is 17.0 Å². The van der Waals surface area contributed by atoms with Crippen molar-refractivity contribution in [3.63, 3.8) is 0 Å². The molecule has 4 aromatic rings. The van der Waals surface area contributed by atoms with Crippen molar-refractivity contribution in [2.45, 2.75) is 89.7 Å². The zero-order chi connectivity index (χ0) is 39.2. The number of carbonyl (C=O) groups is 2. The third-order valence-electron chi connectivity index (χ3n) is 11.9. The highest BCUT2D eigenvalue weighted by molar-refractivity contribution is 6.42. The topological polar surface area (TPSA) is 112 Å². The summed E-state index contributed by atoms with van der Waals surface area (Å²) in [6, 6.07) is 10.3. The number of piperazine rings is 1. The number of nitrogens with zero attached hydrogens (tertiary/aromatic N) is 5. The van der Waals surface area contributed by atoms with Gasteiger partial charge in [-0.2, -0.15) is 0 Å². The predicted octanol–water partition coefficient (Wildman–Crippen LogP) is 7.62. The van der Waals surface area contributed by atoms with E-state index in [0.717, 1.165) is 56.4 Å². The molecule has 4 heterocycles. The van der Waals surface area contributed by atoms with Gasteiger partial charge in [0.1, 0.15) is 18.0 Å². The van der Waals surface area contributed by atoms with Gasteiger partial charge in [-0.05, 0) is 93.3 Å². The number of imide groups is 1. The minimum absolute atomic E-state index is 0.00783. The second-order valence-electron chi connectivity index (χ2n) is 15.6. The Hall–Kier alpha value is -4.30. The van der Waals surface area contributed by atoms with Crippen LogP contribution in [0.2, 0.25) is 10.0 Å². The number of hydrogen-bond donors (Lipinski definition) is 2. The average Bonchev–Trinajstić information content (AvgIpc) is 3.59. The number of nitrogens with one attached hydrogen (secondary N) is 2. The van der Waals surface area contributed by atoms with Gasteiger partial charge in [0.15, 0.2) is 17.3 Å². The fourth-order valence-electron chi connectivity index (χ4n) is 8.92. The monoisotopic (exact) mass is 807 g/mol. The van der Waals surface area contributed by atoms with Crippen molar-refractivity contribution >= 4 is 63.1 Å². The van der Waals surface area contributed by atoms with Crippen LogP contribution in [0.1, 0.15) is 63.5 Å². The van der Waals surface area contributed by atoms with Crippen LogP contribution in [0.15, 0.2) is 42.7 Å². The zero-order valence-electron chi connectivity index (χ0n) is 31.6. The molecule has 2 N–H and O–H groups in total. The summed E-state index contributed by atoms with van der Waals surface area (Å²) in [5.41, 5.74) is 3.30. The van der Waals surface area contributed by atoms with E-state index in [-0.39, 0.29) is 57.6 Å². The second kappa shape index (κ2) is 15.9. The third-order valence-corrected chi connectivity index (χ3v) is 12.7. The molecule has 4 aliphatic rings. The van der Waals surface area contributed by atoms with E-state index in [2.05, 4.69) is 44.2 Å². The fourth-order valence-corrected chi connectivity index (χ4v) is 9.23. The van der Waals surface area contributed by atoms with Crippen LogP contribution < -0.4 is 25.0 Å². The molecule has 15 heteroatoms. The summed E-state index contributed by atoms with van der Waals surface area (Å²) >= 11 is 12.0. The minimum atomic E-state index is -0.673. The number of carbonyl (C=O) groups excluding carboxylic acids is 2. The Morgan fingerprint density at radius 3 is 2.38 bits per heavy atom. The van der Waals surface area contributed by atoms with E-state index in [9.17, 15) is 14.0 Å². The first kappa shape index (κ1) is 38.6. The first-order chi connectivity index (χ1) is 26.9. The number of halogens is 4. The summed E-state index contributed by atoms with van der Waals surface area (Å²) in [4.78, 5) is 39.7. The maximum atomic E-state index is 15.7. The molecule has 2 saturated heterocycles. The first-order valence-corrected chi connectivity index (χ1v) is 20.0. The average molecular weight is 809 g/mol. The molecule has 0 radical (unpaired) electrons. The van der Waals surface area contributed by atoms with Crippen molar-refractivity contribution in [1.29, 1.82) is 0 Å². The van der Waals surface area contributed by atoms with Gasteiger partial charge in [0.25, 0.3) is 0 Å². The van der Waals surface area contributed by atoms with Crippen molar-refractivity contribution < 1.29 is 27.8 Å². The van der Waals surface area contributed by atoms with Crippen LogP contribution in [0.4, 0.5) is 26.0 Å². The molecular formula is C41H45Cl2F2N7O4. The molecule has 8 rings (SSSR count). The molecule has 3 unspecified atom stereocenters. The van der Waals surface area contributed by atoms with Gasteiger partial charge in [0, 0.05) is 62.7 Å². The molecule has 1 aliphatic carbocycles. The number of anilines is 3. The molecule has 0 bridgehead atoms. The van der Waals surface area contributed by atoms with Gasteiger partial charge in [-0.15, -0.1) is 0 Å². The zero-order valence-corrected chi connectivity index (χ0v) is 33.1. The van der Waals surface area contributed by atoms with Crippen LogP contribution in [0, 0.1) is 17.6 Å². The number of fused-ring (bicyclic) bond motifs is 2. The fraction of sp³-hybridized carbons (Fsp3) is 0.463. The molecule has 296 valence electrons. The van der Waals surface area contributed by atoms with Gasteiger partial charge in [0.2, 0.25) is 11.8 Å². The normalized spacial score (nSPS) is 24.6. The Morgan fingerprint density at radius 1 is 0.929 bits per heavy atom. The predicted molar refractivity (Wildman–Crippen MR) is 212 cm³/mol. The number of methoxy groups -OCH3 is 1. The number of amides is 2. The van der Waals surface area contributed by atoms with Crippen LogP contribution in [-0.4, -0.2) is 82.6 Å². The van der Waals surface area contributed by atoms with Crippen LogP contribution in [0.5, 0.6) is 11.5 Å². The second-order valence-corrected chi connectivity index (χ2v) is 16.4. The highest BCUT2D eigenvalue weighted by Crippen LogP contribution is 2.40. The largest absolute Gasteiger partial charge is 0.493 e. The van der Waals surface area contributed by atoms with E-state index in [4.69, 9.17) is 32.7 Å². The van der Waals surface area contributed by atoms with Crippen molar-refractivity contribution in [3.8, 4) is 11.5 Å². The van der Waals surface area contributed by atoms with Crippen LogP contribution in [-0.2, 0) is 22.7 Å². The summed E-state index contributed by atoms with van der Waals surface area (Å²) in [5.74, 6) is 0.610. The van der Waals surface area contributed by atoms with E-state index in [1.165, 1.54) is 18.5 Å². The lowest BCUT2D eigenvalue weighted by Gasteiger charge is -2.47.